The number of halogens is 2. The number of hydrogen-bond donors (Lipinski definition) is 1. The van der Waals surface area contributed by atoms with Gasteiger partial charge in [-0.1, -0.05) is 29.8 Å². The molecule has 0 saturated carbocycles. The SMILES string of the molecule is Cc1c(Br)cncc1-n1c(=O)[nH]c2cc(-c3ccccc3Cl)sc2c1=O. The number of rotatable bonds is 2. The van der Waals surface area contributed by atoms with Crippen molar-refractivity contribution in [2.75, 3.05) is 0 Å². The predicted octanol–water partition coefficient (Wildman–Crippen LogP) is 4.53. The van der Waals surface area contributed by atoms with Gasteiger partial charge in [0.05, 0.1) is 17.4 Å². The third-order valence-corrected chi connectivity index (χ3v) is 6.37. The van der Waals surface area contributed by atoms with E-state index < -0.39 is 5.69 Å². The fourth-order valence-corrected chi connectivity index (χ4v) is 4.43. The largest absolute Gasteiger partial charge is 0.333 e. The first-order chi connectivity index (χ1) is 12.5. The lowest BCUT2D eigenvalue weighted by atomic mass is 10.2. The summed E-state index contributed by atoms with van der Waals surface area (Å²) in [5.41, 5.74) is 1.64. The van der Waals surface area contributed by atoms with E-state index in [4.69, 9.17) is 11.6 Å². The fourth-order valence-electron chi connectivity index (χ4n) is 2.73. The van der Waals surface area contributed by atoms with Gasteiger partial charge in [0, 0.05) is 26.1 Å². The highest BCUT2D eigenvalue weighted by Gasteiger charge is 2.16. The molecule has 26 heavy (non-hydrogen) atoms. The van der Waals surface area contributed by atoms with Crippen molar-refractivity contribution in [3.05, 3.63) is 78.6 Å². The van der Waals surface area contributed by atoms with Crippen molar-refractivity contribution in [2.24, 2.45) is 0 Å². The molecule has 0 atom stereocenters. The van der Waals surface area contributed by atoms with Crippen molar-refractivity contribution in [1.29, 1.82) is 0 Å². The van der Waals surface area contributed by atoms with Gasteiger partial charge in [-0.15, -0.1) is 11.3 Å². The van der Waals surface area contributed by atoms with Gasteiger partial charge in [-0.3, -0.25) is 9.78 Å². The fraction of sp³-hybridized carbons (Fsp3) is 0.0556. The Labute approximate surface area is 165 Å². The second-order valence-electron chi connectivity index (χ2n) is 5.67. The number of thiophene rings is 1. The number of aromatic amines is 1. The smallest absolute Gasteiger partial charge is 0.306 e. The standard InChI is InChI=1S/C18H11BrClN3O2S/c1-9-11(19)7-21-8-14(9)23-17(24)16-13(22-18(23)25)6-15(26-16)10-4-2-3-5-12(10)20/h2-8H,1H3,(H,22,25). The summed E-state index contributed by atoms with van der Waals surface area (Å²) in [5.74, 6) is 0. The topological polar surface area (TPSA) is 67.8 Å². The van der Waals surface area contributed by atoms with Gasteiger partial charge in [-0.2, -0.15) is 0 Å². The summed E-state index contributed by atoms with van der Waals surface area (Å²) < 4.78 is 2.30. The lowest BCUT2D eigenvalue weighted by molar-refractivity contribution is 0.887. The molecule has 4 aromatic rings. The van der Waals surface area contributed by atoms with E-state index in [0.717, 1.165) is 25.0 Å². The summed E-state index contributed by atoms with van der Waals surface area (Å²) in [4.78, 5) is 33.3. The molecule has 0 fully saturated rings. The summed E-state index contributed by atoms with van der Waals surface area (Å²) in [7, 11) is 0. The lowest BCUT2D eigenvalue weighted by Crippen LogP contribution is -2.33. The normalized spacial score (nSPS) is 11.2. The van der Waals surface area contributed by atoms with E-state index in [0.29, 0.717) is 20.9 Å². The summed E-state index contributed by atoms with van der Waals surface area (Å²) in [6.45, 7) is 1.82. The predicted molar refractivity (Wildman–Crippen MR) is 109 cm³/mol. The van der Waals surface area contributed by atoms with Crippen molar-refractivity contribution in [3.8, 4) is 16.1 Å². The molecule has 0 radical (unpaired) electrons. The Morgan fingerprint density at radius 2 is 2.00 bits per heavy atom. The zero-order valence-electron chi connectivity index (χ0n) is 13.4. The molecule has 0 amide bonds. The van der Waals surface area contributed by atoms with Crippen LogP contribution in [0.2, 0.25) is 5.02 Å². The molecular formula is C18H11BrClN3O2S. The van der Waals surface area contributed by atoms with Crippen molar-refractivity contribution in [2.45, 2.75) is 6.92 Å². The second kappa shape index (κ2) is 6.50. The molecule has 0 aliphatic carbocycles. The Kier molecular flexibility index (Phi) is 4.30. The van der Waals surface area contributed by atoms with Crippen LogP contribution in [-0.4, -0.2) is 14.5 Å². The van der Waals surface area contributed by atoms with Crippen LogP contribution >= 0.6 is 38.9 Å². The number of pyridine rings is 1. The molecule has 8 heteroatoms. The quantitative estimate of drug-likeness (QED) is 0.490. The van der Waals surface area contributed by atoms with Crippen LogP contribution < -0.4 is 11.2 Å². The molecule has 5 nitrogen and oxygen atoms in total. The van der Waals surface area contributed by atoms with E-state index >= 15 is 0 Å². The zero-order chi connectivity index (χ0) is 18.4. The minimum atomic E-state index is -0.506. The number of benzene rings is 1. The van der Waals surface area contributed by atoms with Gasteiger partial charge < -0.3 is 4.98 Å². The number of nitrogens with zero attached hydrogens (tertiary/aromatic N) is 2. The first kappa shape index (κ1) is 17.2. The highest BCUT2D eigenvalue weighted by molar-refractivity contribution is 9.10. The van der Waals surface area contributed by atoms with Crippen molar-refractivity contribution >= 4 is 49.1 Å². The van der Waals surface area contributed by atoms with E-state index in [9.17, 15) is 9.59 Å². The van der Waals surface area contributed by atoms with E-state index in [1.54, 1.807) is 18.3 Å². The summed E-state index contributed by atoms with van der Waals surface area (Å²) in [6, 6.07) is 9.17. The molecule has 4 rings (SSSR count). The van der Waals surface area contributed by atoms with Crippen LogP contribution in [-0.2, 0) is 0 Å². The molecule has 0 unspecified atom stereocenters. The molecule has 130 valence electrons. The van der Waals surface area contributed by atoms with Gasteiger partial charge in [0.15, 0.2) is 0 Å². The van der Waals surface area contributed by atoms with Crippen LogP contribution in [0.15, 0.2) is 56.8 Å². The van der Waals surface area contributed by atoms with Crippen molar-refractivity contribution in [3.63, 3.8) is 0 Å². The van der Waals surface area contributed by atoms with Crippen molar-refractivity contribution in [1.82, 2.24) is 14.5 Å². The van der Waals surface area contributed by atoms with Gasteiger partial charge in [0.2, 0.25) is 0 Å². The minimum Gasteiger partial charge on any atom is -0.306 e. The van der Waals surface area contributed by atoms with E-state index in [1.807, 2.05) is 25.1 Å². The average molecular weight is 449 g/mol. The Bertz CT molecular complexity index is 1280. The molecule has 1 N–H and O–H groups in total. The highest BCUT2D eigenvalue weighted by Crippen LogP contribution is 2.35. The third-order valence-electron chi connectivity index (χ3n) is 4.08. The summed E-state index contributed by atoms with van der Waals surface area (Å²) in [5, 5.41) is 0.591. The molecule has 3 heterocycles. The second-order valence-corrected chi connectivity index (χ2v) is 7.98. The number of fused-ring (bicyclic) bond motifs is 1. The molecule has 1 aromatic carbocycles. The maximum absolute atomic E-state index is 13.0. The number of H-pyrrole nitrogens is 1. The van der Waals surface area contributed by atoms with Crippen LogP contribution in [0, 0.1) is 6.92 Å². The Balaban J connectivity index is 2.01. The van der Waals surface area contributed by atoms with Crippen LogP contribution in [0.3, 0.4) is 0 Å². The van der Waals surface area contributed by atoms with E-state index in [-0.39, 0.29) is 5.56 Å². The molecular weight excluding hydrogens is 438 g/mol. The lowest BCUT2D eigenvalue weighted by Gasteiger charge is -2.08. The first-order valence-electron chi connectivity index (χ1n) is 7.61. The molecule has 0 aliphatic heterocycles. The maximum atomic E-state index is 13.0. The van der Waals surface area contributed by atoms with Crippen LogP contribution in [0.5, 0.6) is 0 Å². The molecule has 3 aromatic heterocycles. The van der Waals surface area contributed by atoms with E-state index in [2.05, 4.69) is 25.9 Å². The Morgan fingerprint density at radius 1 is 1.23 bits per heavy atom. The zero-order valence-corrected chi connectivity index (χ0v) is 16.6. The number of nitrogens with one attached hydrogen (secondary N) is 1. The molecule has 0 spiro atoms. The maximum Gasteiger partial charge on any atom is 0.333 e. The Hall–Kier alpha value is -2.22. The average Bonchev–Trinajstić information content (AvgIpc) is 3.03. The number of aromatic nitrogens is 3. The van der Waals surface area contributed by atoms with Gasteiger partial charge >= 0.3 is 5.69 Å². The van der Waals surface area contributed by atoms with Gasteiger partial charge in [-0.25, -0.2) is 9.36 Å². The van der Waals surface area contributed by atoms with Gasteiger partial charge in [0.25, 0.3) is 5.56 Å². The van der Waals surface area contributed by atoms with Gasteiger partial charge in [-0.05, 0) is 40.5 Å². The first-order valence-corrected chi connectivity index (χ1v) is 9.60. The summed E-state index contributed by atoms with van der Waals surface area (Å²) in [6.07, 6.45) is 3.13. The van der Waals surface area contributed by atoms with Gasteiger partial charge in [0.1, 0.15) is 4.70 Å². The highest BCUT2D eigenvalue weighted by atomic mass is 79.9. The van der Waals surface area contributed by atoms with E-state index in [1.165, 1.54) is 17.5 Å². The molecule has 0 bridgehead atoms. The molecule has 0 saturated heterocycles. The van der Waals surface area contributed by atoms with Crippen LogP contribution in [0.1, 0.15) is 5.56 Å². The molecule has 0 aliphatic rings. The monoisotopic (exact) mass is 447 g/mol. The van der Waals surface area contributed by atoms with Crippen LogP contribution in [0.25, 0.3) is 26.3 Å². The minimum absolute atomic E-state index is 0.380. The van der Waals surface area contributed by atoms with Crippen LogP contribution in [0.4, 0.5) is 0 Å². The van der Waals surface area contributed by atoms with Crippen molar-refractivity contribution < 1.29 is 0 Å². The number of hydrogen-bond acceptors (Lipinski definition) is 4. The summed E-state index contributed by atoms with van der Waals surface area (Å²) >= 11 is 10.9. The Morgan fingerprint density at radius 3 is 2.77 bits per heavy atom. The third kappa shape index (κ3) is 2.72.